The van der Waals surface area contributed by atoms with Gasteiger partial charge in [-0.25, -0.2) is 0 Å². The van der Waals surface area contributed by atoms with E-state index in [4.69, 9.17) is 9.16 Å². The summed E-state index contributed by atoms with van der Waals surface area (Å²) in [5.41, 5.74) is 0. The summed E-state index contributed by atoms with van der Waals surface area (Å²) in [6.07, 6.45) is 12.5. The van der Waals surface area contributed by atoms with Crippen LogP contribution in [-0.4, -0.2) is 26.6 Å². The van der Waals surface area contributed by atoms with Gasteiger partial charge < -0.3 is 9.16 Å². The molecule has 3 atom stereocenters. The molecule has 1 aliphatic heterocycles. The molecule has 0 aliphatic carbocycles. The summed E-state index contributed by atoms with van der Waals surface area (Å²) in [5.74, 6) is 0. The first kappa shape index (κ1) is 19.7. The Labute approximate surface area is 139 Å². The standard InChI is InChI=1S/C19H36O2Si/c1-8-10-11-12-13-17-15-18(14-16(9-2)20-17)21-22(6,7)19(3,4)5/h9,12-13,16-18H,2,8,10-11,14-15H2,1,3-7H3/b13-12+/t16-,17+,18-/m0/s1. The molecule has 0 bridgehead atoms. The molecule has 22 heavy (non-hydrogen) atoms. The Balaban J connectivity index is 2.67. The van der Waals surface area contributed by atoms with Crippen LogP contribution in [0.5, 0.6) is 0 Å². The summed E-state index contributed by atoms with van der Waals surface area (Å²) < 4.78 is 12.7. The van der Waals surface area contributed by atoms with Gasteiger partial charge in [-0.2, -0.15) is 0 Å². The molecule has 1 fully saturated rings. The predicted octanol–water partition coefficient (Wildman–Crippen LogP) is 5.86. The third-order valence-electron chi connectivity index (χ3n) is 4.95. The fraction of sp³-hybridized carbons (Fsp3) is 0.789. The normalized spacial score (nSPS) is 27.3. The molecule has 0 unspecified atom stereocenters. The van der Waals surface area contributed by atoms with Gasteiger partial charge in [-0.3, -0.25) is 0 Å². The lowest BCUT2D eigenvalue weighted by Crippen LogP contribution is -2.47. The van der Waals surface area contributed by atoms with Gasteiger partial charge in [0.25, 0.3) is 0 Å². The van der Waals surface area contributed by atoms with Gasteiger partial charge in [0, 0.05) is 12.8 Å². The first-order valence-electron chi connectivity index (χ1n) is 8.82. The number of unbranched alkanes of at least 4 members (excludes halogenated alkanes) is 2. The van der Waals surface area contributed by atoms with Crippen molar-refractivity contribution in [1.29, 1.82) is 0 Å². The minimum absolute atomic E-state index is 0.115. The zero-order valence-corrected chi connectivity index (χ0v) is 16.5. The summed E-state index contributed by atoms with van der Waals surface area (Å²) in [6, 6.07) is 0. The first-order valence-corrected chi connectivity index (χ1v) is 11.7. The monoisotopic (exact) mass is 324 g/mol. The molecule has 3 heteroatoms. The maximum absolute atomic E-state index is 6.61. The SMILES string of the molecule is C=C[C@H]1C[C@H](O[Si](C)(C)C(C)(C)C)C[C@@H](/C=C/CCCC)O1. The largest absolute Gasteiger partial charge is 0.414 e. The molecule has 0 saturated carbocycles. The quantitative estimate of drug-likeness (QED) is 0.332. The highest BCUT2D eigenvalue weighted by atomic mass is 28.4. The van der Waals surface area contributed by atoms with Crippen LogP contribution in [0.1, 0.15) is 59.8 Å². The van der Waals surface area contributed by atoms with Crippen molar-refractivity contribution in [1.82, 2.24) is 0 Å². The summed E-state index contributed by atoms with van der Waals surface area (Å²) in [6.45, 7) is 17.7. The Bertz CT molecular complexity index is 368. The van der Waals surface area contributed by atoms with Crippen molar-refractivity contribution in [2.24, 2.45) is 0 Å². The Morgan fingerprint density at radius 2 is 1.86 bits per heavy atom. The van der Waals surface area contributed by atoms with Crippen LogP contribution < -0.4 is 0 Å². The van der Waals surface area contributed by atoms with Crippen LogP contribution in [0.3, 0.4) is 0 Å². The Morgan fingerprint density at radius 3 is 2.41 bits per heavy atom. The second kappa shape index (κ2) is 8.46. The van der Waals surface area contributed by atoms with Crippen LogP contribution in [0.2, 0.25) is 18.1 Å². The molecule has 0 radical (unpaired) electrons. The third kappa shape index (κ3) is 6.02. The van der Waals surface area contributed by atoms with Crippen molar-refractivity contribution < 1.29 is 9.16 Å². The Kier molecular flexibility index (Phi) is 7.56. The van der Waals surface area contributed by atoms with Crippen LogP contribution >= 0.6 is 0 Å². The molecule has 0 aromatic rings. The van der Waals surface area contributed by atoms with Crippen molar-refractivity contribution in [3.05, 3.63) is 24.8 Å². The molecule has 0 spiro atoms. The lowest BCUT2D eigenvalue weighted by Gasteiger charge is -2.42. The van der Waals surface area contributed by atoms with Crippen molar-refractivity contribution in [3.63, 3.8) is 0 Å². The van der Waals surface area contributed by atoms with Crippen molar-refractivity contribution in [2.75, 3.05) is 0 Å². The summed E-state index contributed by atoms with van der Waals surface area (Å²) >= 11 is 0. The number of allylic oxidation sites excluding steroid dienone is 1. The van der Waals surface area contributed by atoms with E-state index in [-0.39, 0.29) is 17.2 Å². The summed E-state index contributed by atoms with van der Waals surface area (Å²) in [5, 5.41) is 0.251. The van der Waals surface area contributed by atoms with Gasteiger partial charge in [-0.1, -0.05) is 58.8 Å². The van der Waals surface area contributed by atoms with Gasteiger partial charge in [0.15, 0.2) is 8.32 Å². The highest BCUT2D eigenvalue weighted by Crippen LogP contribution is 2.39. The summed E-state index contributed by atoms with van der Waals surface area (Å²) in [7, 11) is -1.72. The molecule has 0 N–H and O–H groups in total. The van der Waals surface area contributed by atoms with Crippen LogP contribution in [0.15, 0.2) is 24.8 Å². The lowest BCUT2D eigenvalue weighted by atomic mass is 10.0. The van der Waals surface area contributed by atoms with Crippen LogP contribution in [0, 0.1) is 0 Å². The molecule has 2 nitrogen and oxygen atoms in total. The molecule has 1 rings (SSSR count). The van der Waals surface area contributed by atoms with Gasteiger partial charge in [0.05, 0.1) is 18.3 Å². The van der Waals surface area contributed by atoms with Gasteiger partial charge in [0.1, 0.15) is 0 Å². The van der Waals surface area contributed by atoms with E-state index in [0.29, 0.717) is 6.10 Å². The number of ether oxygens (including phenoxy) is 1. The summed E-state index contributed by atoms with van der Waals surface area (Å²) in [4.78, 5) is 0. The van der Waals surface area contributed by atoms with Crippen molar-refractivity contribution in [3.8, 4) is 0 Å². The zero-order valence-electron chi connectivity index (χ0n) is 15.5. The van der Waals surface area contributed by atoms with Crippen LogP contribution in [0.4, 0.5) is 0 Å². The second-order valence-corrected chi connectivity index (χ2v) is 12.7. The molecule has 0 aromatic carbocycles. The maximum atomic E-state index is 6.61. The van der Waals surface area contributed by atoms with Crippen LogP contribution in [-0.2, 0) is 9.16 Å². The van der Waals surface area contributed by atoms with E-state index in [1.807, 2.05) is 6.08 Å². The number of hydrogen-bond donors (Lipinski definition) is 0. The van der Waals surface area contributed by atoms with E-state index in [2.05, 4.69) is 59.5 Å². The predicted molar refractivity (Wildman–Crippen MR) is 98.8 cm³/mol. The Morgan fingerprint density at radius 1 is 1.23 bits per heavy atom. The highest BCUT2D eigenvalue weighted by molar-refractivity contribution is 6.74. The third-order valence-corrected chi connectivity index (χ3v) is 9.48. The molecule has 1 heterocycles. The second-order valence-electron chi connectivity index (χ2n) is 7.99. The average molecular weight is 325 g/mol. The van der Waals surface area contributed by atoms with Crippen LogP contribution in [0.25, 0.3) is 0 Å². The number of hydrogen-bond acceptors (Lipinski definition) is 2. The molecule has 128 valence electrons. The topological polar surface area (TPSA) is 18.5 Å². The Hall–Kier alpha value is -0.383. The fourth-order valence-electron chi connectivity index (χ4n) is 2.49. The first-order chi connectivity index (χ1) is 10.2. The van der Waals surface area contributed by atoms with E-state index in [1.54, 1.807) is 0 Å². The average Bonchev–Trinajstić information content (AvgIpc) is 2.41. The van der Waals surface area contributed by atoms with Crippen molar-refractivity contribution >= 4 is 8.32 Å². The maximum Gasteiger partial charge on any atom is 0.192 e. The molecule has 0 aromatic heterocycles. The lowest BCUT2D eigenvalue weighted by molar-refractivity contribution is -0.0505. The zero-order chi connectivity index (χ0) is 16.8. The molecular formula is C19H36O2Si. The molecule has 0 amide bonds. The van der Waals surface area contributed by atoms with E-state index in [1.165, 1.54) is 12.8 Å². The highest BCUT2D eigenvalue weighted by Gasteiger charge is 2.40. The fourth-order valence-corrected chi connectivity index (χ4v) is 3.86. The van der Waals surface area contributed by atoms with E-state index >= 15 is 0 Å². The van der Waals surface area contributed by atoms with E-state index < -0.39 is 8.32 Å². The van der Waals surface area contributed by atoms with E-state index in [9.17, 15) is 0 Å². The van der Waals surface area contributed by atoms with Crippen molar-refractivity contribution in [2.45, 2.75) is 96.2 Å². The minimum atomic E-state index is -1.72. The molecule has 1 aliphatic rings. The number of rotatable bonds is 7. The minimum Gasteiger partial charge on any atom is -0.414 e. The van der Waals surface area contributed by atoms with E-state index in [0.717, 1.165) is 19.3 Å². The molecule has 1 saturated heterocycles. The van der Waals surface area contributed by atoms with Gasteiger partial charge >= 0.3 is 0 Å². The molecular weight excluding hydrogens is 288 g/mol. The smallest absolute Gasteiger partial charge is 0.192 e. The van der Waals surface area contributed by atoms with Gasteiger partial charge in [-0.05, 0) is 24.6 Å². The van der Waals surface area contributed by atoms with Gasteiger partial charge in [0.2, 0.25) is 0 Å². The van der Waals surface area contributed by atoms with Gasteiger partial charge in [-0.15, -0.1) is 6.58 Å².